The highest BCUT2D eigenvalue weighted by molar-refractivity contribution is 5.82. The predicted octanol–water partition coefficient (Wildman–Crippen LogP) is 0.867. The number of carboxylic acids is 1. The number of hydrogen-bond acceptors (Lipinski definition) is 3. The third-order valence-corrected chi connectivity index (χ3v) is 2.98. The smallest absolute Gasteiger partial charge is 0.315 e. The van der Waals surface area contributed by atoms with Crippen molar-refractivity contribution in [1.29, 1.82) is 0 Å². The minimum absolute atomic E-state index is 0.262. The van der Waals surface area contributed by atoms with E-state index in [9.17, 15) is 15.0 Å². The summed E-state index contributed by atoms with van der Waals surface area (Å²) in [6.45, 7) is 1.90. The highest BCUT2D eigenvalue weighted by Crippen LogP contribution is 2.43. The summed E-state index contributed by atoms with van der Waals surface area (Å²) in [6.07, 6.45) is 1.67. The number of aliphatic hydroxyl groups excluding tert-OH is 1. The first kappa shape index (κ1) is 10.1. The fourth-order valence-electron chi connectivity index (χ4n) is 1.99. The molecule has 0 aromatic carbocycles. The third-order valence-electron chi connectivity index (χ3n) is 2.98. The number of hydrogen-bond donors (Lipinski definition) is 2. The molecule has 4 nitrogen and oxygen atoms in total. The summed E-state index contributed by atoms with van der Waals surface area (Å²) < 4.78 is 0. The van der Waals surface area contributed by atoms with Gasteiger partial charge in [-0.3, -0.25) is 9.78 Å². The van der Waals surface area contributed by atoms with E-state index in [1.165, 1.54) is 0 Å². The van der Waals surface area contributed by atoms with Gasteiger partial charge in [-0.2, -0.15) is 0 Å². The Hall–Kier alpha value is -1.42. The van der Waals surface area contributed by atoms with E-state index in [1.54, 1.807) is 12.3 Å². The van der Waals surface area contributed by atoms with Crippen LogP contribution in [-0.2, 0) is 10.2 Å². The predicted molar refractivity (Wildman–Crippen MR) is 53.5 cm³/mol. The Balaban J connectivity index is 2.34. The van der Waals surface area contributed by atoms with Crippen LogP contribution in [0.15, 0.2) is 18.3 Å². The second-order valence-corrected chi connectivity index (χ2v) is 4.17. The van der Waals surface area contributed by atoms with Crippen LogP contribution in [0.5, 0.6) is 0 Å². The monoisotopic (exact) mass is 207 g/mol. The Labute approximate surface area is 87.6 Å². The van der Waals surface area contributed by atoms with Gasteiger partial charge in [-0.15, -0.1) is 0 Å². The van der Waals surface area contributed by atoms with Crippen molar-refractivity contribution >= 4 is 5.97 Å². The zero-order chi connectivity index (χ0) is 11.1. The van der Waals surface area contributed by atoms with Crippen LogP contribution in [0.25, 0.3) is 0 Å². The lowest BCUT2D eigenvalue weighted by molar-refractivity contribution is -0.153. The average Bonchev–Trinajstić information content (AvgIpc) is 2.13. The van der Waals surface area contributed by atoms with Crippen molar-refractivity contribution in [3.8, 4) is 0 Å². The molecule has 0 unspecified atom stereocenters. The lowest BCUT2D eigenvalue weighted by Gasteiger charge is -2.41. The summed E-state index contributed by atoms with van der Waals surface area (Å²) >= 11 is 0. The summed E-state index contributed by atoms with van der Waals surface area (Å²) in [7, 11) is 0. The summed E-state index contributed by atoms with van der Waals surface area (Å²) in [4.78, 5) is 15.3. The van der Waals surface area contributed by atoms with E-state index in [0.29, 0.717) is 5.69 Å². The first-order valence-corrected chi connectivity index (χ1v) is 4.89. The van der Waals surface area contributed by atoms with E-state index in [0.717, 1.165) is 5.56 Å². The Kier molecular flexibility index (Phi) is 2.23. The Morgan fingerprint density at radius 3 is 2.60 bits per heavy atom. The Morgan fingerprint density at radius 2 is 2.20 bits per heavy atom. The van der Waals surface area contributed by atoms with Crippen LogP contribution in [-0.4, -0.2) is 27.3 Å². The molecule has 1 aromatic rings. The zero-order valence-electron chi connectivity index (χ0n) is 8.47. The van der Waals surface area contributed by atoms with Crippen LogP contribution in [0.1, 0.15) is 24.1 Å². The van der Waals surface area contributed by atoms with Gasteiger partial charge in [0, 0.05) is 6.20 Å². The molecule has 2 rings (SSSR count). The number of carbonyl (C=O) groups is 1. The quantitative estimate of drug-likeness (QED) is 0.754. The number of carboxylic acid groups (broad SMARTS) is 1. The molecule has 0 aliphatic heterocycles. The Bertz CT molecular complexity index is 379. The molecule has 0 atom stereocenters. The summed E-state index contributed by atoms with van der Waals surface area (Å²) in [5, 5.41) is 18.4. The van der Waals surface area contributed by atoms with Gasteiger partial charge >= 0.3 is 5.97 Å². The lowest BCUT2D eigenvalue weighted by atomic mass is 9.64. The fraction of sp³-hybridized carbons (Fsp3) is 0.455. The molecular weight excluding hydrogens is 194 g/mol. The number of aryl methyl sites for hydroxylation is 1. The van der Waals surface area contributed by atoms with Crippen LogP contribution in [0.3, 0.4) is 0 Å². The minimum Gasteiger partial charge on any atom is -0.481 e. The zero-order valence-corrected chi connectivity index (χ0v) is 8.47. The van der Waals surface area contributed by atoms with Crippen molar-refractivity contribution in [3.63, 3.8) is 0 Å². The highest BCUT2D eigenvalue weighted by atomic mass is 16.4. The van der Waals surface area contributed by atoms with E-state index in [1.807, 2.05) is 13.0 Å². The molecule has 1 aliphatic rings. The van der Waals surface area contributed by atoms with Gasteiger partial charge in [-0.1, -0.05) is 6.07 Å². The first-order valence-electron chi connectivity index (χ1n) is 4.89. The normalized spacial score (nSPS) is 29.6. The fourth-order valence-corrected chi connectivity index (χ4v) is 1.99. The van der Waals surface area contributed by atoms with Crippen molar-refractivity contribution in [3.05, 3.63) is 29.6 Å². The molecule has 1 fully saturated rings. The van der Waals surface area contributed by atoms with Crippen molar-refractivity contribution in [2.75, 3.05) is 0 Å². The SMILES string of the molecule is Cc1ccc(C2(C(=O)O)CC(O)C2)nc1. The summed E-state index contributed by atoms with van der Waals surface area (Å²) in [6, 6.07) is 3.58. The van der Waals surface area contributed by atoms with Gasteiger partial charge < -0.3 is 10.2 Å². The standard InChI is InChI=1S/C11H13NO3/c1-7-2-3-9(12-6-7)11(10(14)15)4-8(13)5-11/h2-3,6,8,13H,4-5H2,1H3,(H,14,15). The van der Waals surface area contributed by atoms with Crippen molar-refractivity contribution < 1.29 is 15.0 Å². The van der Waals surface area contributed by atoms with Gasteiger partial charge in [0.05, 0.1) is 11.8 Å². The maximum Gasteiger partial charge on any atom is 0.315 e. The van der Waals surface area contributed by atoms with Crippen molar-refractivity contribution in [1.82, 2.24) is 4.98 Å². The van der Waals surface area contributed by atoms with E-state index >= 15 is 0 Å². The van der Waals surface area contributed by atoms with Crippen LogP contribution < -0.4 is 0 Å². The van der Waals surface area contributed by atoms with E-state index in [2.05, 4.69) is 4.98 Å². The molecule has 0 bridgehead atoms. The molecule has 1 heterocycles. The van der Waals surface area contributed by atoms with E-state index in [-0.39, 0.29) is 12.8 Å². The number of aliphatic hydroxyl groups is 1. The molecule has 0 spiro atoms. The molecule has 0 saturated heterocycles. The van der Waals surface area contributed by atoms with Gasteiger partial charge in [0.2, 0.25) is 0 Å². The van der Waals surface area contributed by atoms with Gasteiger partial charge in [-0.25, -0.2) is 0 Å². The van der Waals surface area contributed by atoms with E-state index < -0.39 is 17.5 Å². The Morgan fingerprint density at radius 1 is 1.53 bits per heavy atom. The van der Waals surface area contributed by atoms with Gasteiger partial charge in [0.25, 0.3) is 0 Å². The van der Waals surface area contributed by atoms with Gasteiger partial charge in [0.1, 0.15) is 5.41 Å². The summed E-state index contributed by atoms with van der Waals surface area (Å²) in [5.41, 5.74) is 0.581. The molecule has 2 N–H and O–H groups in total. The number of aliphatic carboxylic acids is 1. The number of rotatable bonds is 2. The molecule has 1 aliphatic carbocycles. The van der Waals surface area contributed by atoms with Gasteiger partial charge in [-0.05, 0) is 31.4 Å². The molecule has 15 heavy (non-hydrogen) atoms. The summed E-state index contributed by atoms with van der Waals surface area (Å²) in [5.74, 6) is -0.899. The van der Waals surface area contributed by atoms with Crippen LogP contribution >= 0.6 is 0 Å². The van der Waals surface area contributed by atoms with Crippen LogP contribution in [0.2, 0.25) is 0 Å². The van der Waals surface area contributed by atoms with Gasteiger partial charge in [0.15, 0.2) is 0 Å². The largest absolute Gasteiger partial charge is 0.481 e. The molecule has 0 amide bonds. The van der Waals surface area contributed by atoms with Crippen LogP contribution in [0, 0.1) is 6.92 Å². The second kappa shape index (κ2) is 3.31. The third kappa shape index (κ3) is 1.51. The van der Waals surface area contributed by atoms with Crippen LogP contribution in [0.4, 0.5) is 0 Å². The number of aromatic nitrogens is 1. The molecule has 1 saturated carbocycles. The minimum atomic E-state index is -0.965. The molecular formula is C11H13NO3. The molecule has 4 heteroatoms. The number of nitrogens with zero attached hydrogens (tertiary/aromatic N) is 1. The topological polar surface area (TPSA) is 70.4 Å². The average molecular weight is 207 g/mol. The maximum absolute atomic E-state index is 11.2. The number of pyridine rings is 1. The molecule has 0 radical (unpaired) electrons. The molecule has 80 valence electrons. The first-order chi connectivity index (χ1) is 7.04. The highest BCUT2D eigenvalue weighted by Gasteiger charge is 2.52. The van der Waals surface area contributed by atoms with Crippen molar-refractivity contribution in [2.24, 2.45) is 0 Å². The van der Waals surface area contributed by atoms with E-state index in [4.69, 9.17) is 0 Å². The second-order valence-electron chi connectivity index (χ2n) is 4.17. The lowest BCUT2D eigenvalue weighted by Crippen LogP contribution is -2.51. The molecule has 1 aromatic heterocycles. The maximum atomic E-state index is 11.2. The van der Waals surface area contributed by atoms with Crippen molar-refractivity contribution in [2.45, 2.75) is 31.3 Å².